The number of rotatable bonds is 6. The summed E-state index contributed by atoms with van der Waals surface area (Å²) in [5, 5.41) is 4.29. The summed E-state index contributed by atoms with van der Waals surface area (Å²) in [7, 11) is 0.488. The SMILES string of the molecule is CN=C(NCCS(=O)(=O)N1CCSCC1)N(C)Cc1nc2c(s1)CCCC2. The molecule has 2 aliphatic rings. The normalized spacial score (nSPS) is 19.0. The first-order chi connectivity index (χ1) is 13.0. The first-order valence-electron chi connectivity index (χ1n) is 9.44. The fourth-order valence-electron chi connectivity index (χ4n) is 3.38. The van der Waals surface area contributed by atoms with E-state index in [0.29, 0.717) is 32.1 Å². The third kappa shape index (κ3) is 5.58. The lowest BCUT2D eigenvalue weighted by atomic mass is 10.0. The minimum Gasteiger partial charge on any atom is -0.355 e. The van der Waals surface area contributed by atoms with Crippen LogP contribution in [-0.4, -0.2) is 79.6 Å². The molecule has 1 saturated heterocycles. The zero-order valence-corrected chi connectivity index (χ0v) is 18.6. The highest BCUT2D eigenvalue weighted by molar-refractivity contribution is 7.99. The third-order valence-corrected chi connectivity index (χ3v) is 8.80. The van der Waals surface area contributed by atoms with Crippen molar-refractivity contribution in [2.75, 3.05) is 51.0 Å². The first-order valence-corrected chi connectivity index (χ1v) is 13.0. The average molecular weight is 432 g/mol. The van der Waals surface area contributed by atoms with Gasteiger partial charge in [-0.05, 0) is 25.7 Å². The highest BCUT2D eigenvalue weighted by Gasteiger charge is 2.24. The van der Waals surface area contributed by atoms with E-state index in [1.54, 1.807) is 22.7 Å². The maximum absolute atomic E-state index is 12.4. The Kier molecular flexibility index (Phi) is 7.41. The number of nitrogens with one attached hydrogen (secondary N) is 1. The molecule has 27 heavy (non-hydrogen) atoms. The van der Waals surface area contributed by atoms with Crippen molar-refractivity contribution in [3.8, 4) is 0 Å². The highest BCUT2D eigenvalue weighted by atomic mass is 32.2. The van der Waals surface area contributed by atoms with Gasteiger partial charge < -0.3 is 10.2 Å². The van der Waals surface area contributed by atoms with Crippen molar-refractivity contribution in [1.82, 2.24) is 19.5 Å². The van der Waals surface area contributed by atoms with E-state index in [-0.39, 0.29) is 5.75 Å². The minimum absolute atomic E-state index is 0.0933. The van der Waals surface area contributed by atoms with E-state index in [4.69, 9.17) is 4.98 Å². The van der Waals surface area contributed by atoms with Crippen LogP contribution in [0, 0.1) is 0 Å². The molecule has 3 rings (SSSR count). The summed E-state index contributed by atoms with van der Waals surface area (Å²) in [4.78, 5) is 12.5. The van der Waals surface area contributed by atoms with Gasteiger partial charge in [0, 0.05) is 50.1 Å². The number of thiazole rings is 1. The number of guanidine groups is 1. The van der Waals surface area contributed by atoms with Crippen molar-refractivity contribution in [3.63, 3.8) is 0 Å². The molecule has 2 heterocycles. The fourth-order valence-corrected chi connectivity index (χ4v) is 7.08. The van der Waals surface area contributed by atoms with Gasteiger partial charge in [-0.15, -0.1) is 11.3 Å². The Morgan fingerprint density at radius 2 is 2.04 bits per heavy atom. The van der Waals surface area contributed by atoms with Gasteiger partial charge >= 0.3 is 0 Å². The third-order valence-electron chi connectivity index (χ3n) is 4.84. The molecule has 10 heteroatoms. The molecule has 0 spiro atoms. The Morgan fingerprint density at radius 1 is 1.30 bits per heavy atom. The Bertz CT molecular complexity index is 733. The number of aliphatic imine (C=N–C) groups is 1. The molecular formula is C17H29N5O2S3. The molecule has 0 saturated carbocycles. The second-order valence-corrected chi connectivity index (χ2v) is 11.3. The molecule has 0 bridgehead atoms. The van der Waals surface area contributed by atoms with Crippen molar-refractivity contribution in [3.05, 3.63) is 15.6 Å². The van der Waals surface area contributed by atoms with Crippen LogP contribution in [0.3, 0.4) is 0 Å². The fraction of sp³-hybridized carbons (Fsp3) is 0.765. The Morgan fingerprint density at radius 3 is 2.74 bits per heavy atom. The number of sulfonamides is 1. The minimum atomic E-state index is -3.20. The predicted molar refractivity (Wildman–Crippen MR) is 114 cm³/mol. The molecular weight excluding hydrogens is 402 g/mol. The van der Waals surface area contributed by atoms with Gasteiger partial charge in [-0.2, -0.15) is 11.8 Å². The van der Waals surface area contributed by atoms with Crippen LogP contribution in [0.15, 0.2) is 4.99 Å². The lowest BCUT2D eigenvalue weighted by Gasteiger charge is -2.26. The lowest BCUT2D eigenvalue weighted by molar-refractivity contribution is 0.442. The summed E-state index contributed by atoms with van der Waals surface area (Å²) >= 11 is 3.61. The van der Waals surface area contributed by atoms with Crippen LogP contribution in [0.4, 0.5) is 0 Å². The average Bonchev–Trinajstić information content (AvgIpc) is 3.08. The second kappa shape index (κ2) is 9.58. The number of fused-ring (bicyclic) bond motifs is 1. The topological polar surface area (TPSA) is 77.9 Å². The van der Waals surface area contributed by atoms with E-state index in [9.17, 15) is 8.42 Å². The van der Waals surface area contributed by atoms with E-state index < -0.39 is 10.0 Å². The molecule has 1 aromatic rings. The summed E-state index contributed by atoms with van der Waals surface area (Å²) in [5.41, 5.74) is 1.27. The van der Waals surface area contributed by atoms with Crippen LogP contribution in [0.5, 0.6) is 0 Å². The maximum atomic E-state index is 12.4. The molecule has 0 unspecified atom stereocenters. The number of hydrogen-bond donors (Lipinski definition) is 1. The van der Waals surface area contributed by atoms with Gasteiger partial charge in [-0.3, -0.25) is 4.99 Å². The molecule has 1 aliphatic heterocycles. The number of aromatic nitrogens is 1. The molecule has 0 radical (unpaired) electrons. The standard InChI is InChI=1S/C17H29N5O2S3/c1-18-17(19-7-12-27(23,24)22-8-10-25-11-9-22)21(2)13-16-20-14-5-3-4-6-15(14)26-16/h3-13H2,1-2H3,(H,18,19). The molecule has 0 aromatic carbocycles. The zero-order chi connectivity index (χ0) is 19.3. The zero-order valence-electron chi connectivity index (χ0n) is 16.1. The van der Waals surface area contributed by atoms with Crippen LogP contribution in [-0.2, 0) is 29.4 Å². The van der Waals surface area contributed by atoms with Gasteiger partial charge in [0.1, 0.15) is 5.01 Å². The van der Waals surface area contributed by atoms with Crippen molar-refractivity contribution in [2.45, 2.75) is 32.2 Å². The highest BCUT2D eigenvalue weighted by Crippen LogP contribution is 2.27. The summed E-state index contributed by atoms with van der Waals surface area (Å²) in [6.07, 6.45) is 4.74. The Balaban J connectivity index is 1.50. The molecule has 1 N–H and O–H groups in total. The predicted octanol–water partition coefficient (Wildman–Crippen LogP) is 1.41. The number of hydrogen-bond acceptors (Lipinski definition) is 6. The van der Waals surface area contributed by atoms with Crippen molar-refractivity contribution < 1.29 is 8.42 Å². The van der Waals surface area contributed by atoms with E-state index in [2.05, 4.69) is 10.3 Å². The van der Waals surface area contributed by atoms with Crippen LogP contribution in [0.1, 0.15) is 28.4 Å². The maximum Gasteiger partial charge on any atom is 0.215 e. The molecule has 152 valence electrons. The first kappa shape index (κ1) is 20.9. The number of thioether (sulfide) groups is 1. The van der Waals surface area contributed by atoms with Gasteiger partial charge in [-0.1, -0.05) is 0 Å². The summed E-state index contributed by atoms with van der Waals surface area (Å²) in [6.45, 7) is 2.29. The van der Waals surface area contributed by atoms with E-state index in [1.807, 2.05) is 23.7 Å². The second-order valence-electron chi connectivity index (χ2n) is 6.84. The summed E-state index contributed by atoms with van der Waals surface area (Å²) < 4.78 is 26.5. The van der Waals surface area contributed by atoms with Gasteiger partial charge in [0.25, 0.3) is 0 Å². The van der Waals surface area contributed by atoms with Crippen LogP contribution in [0.25, 0.3) is 0 Å². The van der Waals surface area contributed by atoms with E-state index >= 15 is 0 Å². The molecule has 0 atom stereocenters. The van der Waals surface area contributed by atoms with Gasteiger partial charge in [-0.25, -0.2) is 17.7 Å². The molecule has 7 nitrogen and oxygen atoms in total. The number of nitrogens with zero attached hydrogens (tertiary/aromatic N) is 4. The van der Waals surface area contributed by atoms with Gasteiger partial charge in [0.15, 0.2) is 5.96 Å². The van der Waals surface area contributed by atoms with Crippen LogP contribution < -0.4 is 5.32 Å². The van der Waals surface area contributed by atoms with E-state index in [0.717, 1.165) is 29.4 Å². The van der Waals surface area contributed by atoms with Crippen molar-refractivity contribution >= 4 is 39.1 Å². The van der Waals surface area contributed by atoms with Crippen LogP contribution in [0.2, 0.25) is 0 Å². The van der Waals surface area contributed by atoms with Gasteiger partial charge in [0.2, 0.25) is 10.0 Å². The molecule has 1 aliphatic carbocycles. The van der Waals surface area contributed by atoms with Gasteiger partial charge in [0.05, 0.1) is 18.0 Å². The summed E-state index contributed by atoms with van der Waals surface area (Å²) in [6, 6.07) is 0. The van der Waals surface area contributed by atoms with Crippen LogP contribution >= 0.6 is 23.1 Å². The molecule has 1 aromatic heterocycles. The largest absolute Gasteiger partial charge is 0.355 e. The quantitative estimate of drug-likeness (QED) is 0.542. The Hall–Kier alpha value is -0.840. The Labute approximate surface area is 170 Å². The summed E-state index contributed by atoms with van der Waals surface area (Å²) in [5.74, 6) is 2.56. The van der Waals surface area contributed by atoms with Crippen molar-refractivity contribution in [1.29, 1.82) is 0 Å². The van der Waals surface area contributed by atoms with E-state index in [1.165, 1.54) is 23.4 Å². The molecule has 1 fully saturated rings. The molecule has 0 amide bonds. The lowest BCUT2D eigenvalue weighted by Crippen LogP contribution is -2.44. The monoisotopic (exact) mass is 431 g/mol. The number of aryl methyl sites for hydroxylation is 2. The smallest absolute Gasteiger partial charge is 0.215 e. The van der Waals surface area contributed by atoms with Crippen molar-refractivity contribution in [2.24, 2.45) is 4.99 Å².